The summed E-state index contributed by atoms with van der Waals surface area (Å²) in [6.45, 7) is 13.8. The fourth-order valence-corrected chi connectivity index (χ4v) is 14.1. The number of rotatable bonds is 29. The number of quaternary nitrogens is 1. The van der Waals surface area contributed by atoms with Gasteiger partial charge in [0.25, 0.3) is 7.82 Å². The van der Waals surface area contributed by atoms with Crippen LogP contribution < -0.4 is 10.2 Å². The van der Waals surface area contributed by atoms with E-state index in [0.717, 1.165) is 55.9 Å². The maximum absolute atomic E-state index is 13.7. The number of phosphoric acid groups is 1. The van der Waals surface area contributed by atoms with Crippen molar-refractivity contribution in [3.05, 3.63) is 11.6 Å². The number of aliphatic carboxylic acids is 1. The fraction of sp³-hybridized carbons (Fsp3) is 0.922. The first-order chi connectivity index (χ1) is 29.7. The highest BCUT2D eigenvalue weighted by Crippen LogP contribution is 2.68. The number of likely N-dealkylation sites (N-methyl/N-ethyl adjacent to an activating group) is 1. The van der Waals surface area contributed by atoms with Crippen molar-refractivity contribution in [1.29, 1.82) is 0 Å². The van der Waals surface area contributed by atoms with E-state index >= 15 is 0 Å². The summed E-state index contributed by atoms with van der Waals surface area (Å²) < 4.78 is 30.9. The number of ether oxygens (including phenoxy) is 1. The first-order valence-electron chi connectivity index (χ1n) is 25.7. The number of allylic oxidation sites excluding steroid dienone is 2. The Labute approximate surface area is 383 Å². The van der Waals surface area contributed by atoms with E-state index in [2.05, 4.69) is 52.9 Å². The zero-order valence-electron chi connectivity index (χ0n) is 41.4. The molecule has 4 aliphatic rings. The SMILES string of the molecule is CCCCCCCCCCCCCCNC(=O)O[C@@H](CO)C(OP(=O)([O-])OCC[N+](C)(C)C)(C(=O)O)C1CC[C@@]2(C)C(=CCC3C2CC[C@@]2(C)C3CC[C@@H]2[C@H](C)CCCC(C)C)C1. The number of nitrogens with zero attached hydrogens (tertiary/aromatic N) is 1. The van der Waals surface area contributed by atoms with E-state index in [0.29, 0.717) is 59.5 Å². The summed E-state index contributed by atoms with van der Waals surface area (Å²) in [7, 11) is 0.383. The third kappa shape index (κ3) is 14.5. The van der Waals surface area contributed by atoms with Crippen molar-refractivity contribution in [1.82, 2.24) is 5.32 Å². The van der Waals surface area contributed by atoms with Gasteiger partial charge in [0.2, 0.25) is 5.60 Å². The van der Waals surface area contributed by atoms with Crippen molar-refractivity contribution in [2.45, 2.75) is 201 Å². The van der Waals surface area contributed by atoms with Crippen LogP contribution in [-0.4, -0.2) is 85.9 Å². The average Bonchev–Trinajstić information content (AvgIpc) is 3.57. The van der Waals surface area contributed by atoms with E-state index < -0.39 is 44.1 Å². The molecule has 1 amide bonds. The number of alkyl carbamates (subject to hydrolysis) is 1. The van der Waals surface area contributed by atoms with Crippen LogP contribution in [0.2, 0.25) is 0 Å². The van der Waals surface area contributed by atoms with E-state index in [4.69, 9.17) is 13.8 Å². The third-order valence-electron chi connectivity index (χ3n) is 16.7. The Kier molecular flexibility index (Phi) is 21.1. The number of carbonyl (C=O) groups is 2. The molecule has 366 valence electrons. The molecule has 3 saturated carbocycles. The summed E-state index contributed by atoms with van der Waals surface area (Å²) in [5.41, 5.74) is -1.32. The van der Waals surface area contributed by atoms with Gasteiger partial charge >= 0.3 is 12.1 Å². The van der Waals surface area contributed by atoms with Gasteiger partial charge in [0, 0.05) is 12.5 Å². The highest BCUT2D eigenvalue weighted by molar-refractivity contribution is 7.46. The minimum absolute atomic E-state index is 0.171. The summed E-state index contributed by atoms with van der Waals surface area (Å²) in [5, 5.41) is 24.7. The molecule has 11 atom stereocenters. The van der Waals surface area contributed by atoms with Crippen molar-refractivity contribution >= 4 is 19.9 Å². The molecule has 0 aromatic rings. The second-order valence-corrected chi connectivity index (χ2v) is 23.9. The van der Waals surface area contributed by atoms with Gasteiger partial charge in [-0.05, 0) is 104 Å². The van der Waals surface area contributed by atoms with Gasteiger partial charge in [0.05, 0.1) is 27.7 Å². The molecule has 12 heteroatoms. The number of aliphatic hydroxyl groups is 1. The van der Waals surface area contributed by atoms with Gasteiger partial charge in [0.15, 0.2) is 6.10 Å². The van der Waals surface area contributed by atoms with Crippen molar-refractivity contribution < 1.29 is 47.5 Å². The third-order valence-corrected chi connectivity index (χ3v) is 17.7. The lowest BCUT2D eigenvalue weighted by atomic mass is 9.46. The van der Waals surface area contributed by atoms with Crippen LogP contribution in [-0.2, 0) is 23.1 Å². The van der Waals surface area contributed by atoms with Gasteiger partial charge in [-0.25, -0.2) is 9.59 Å². The van der Waals surface area contributed by atoms with Crippen LogP contribution in [0.25, 0.3) is 0 Å². The number of aliphatic hydroxyl groups excluding tert-OH is 1. The Hall–Kier alpha value is -1.49. The molecule has 6 unspecified atom stereocenters. The Morgan fingerprint density at radius 3 is 2.13 bits per heavy atom. The average molecular weight is 909 g/mol. The Morgan fingerprint density at radius 2 is 1.54 bits per heavy atom. The van der Waals surface area contributed by atoms with Gasteiger partial charge in [-0.2, -0.15) is 0 Å². The summed E-state index contributed by atoms with van der Waals surface area (Å²) in [5.74, 6) is 1.34. The topological polar surface area (TPSA) is 154 Å². The molecular weight excluding hydrogens is 816 g/mol. The first kappa shape index (κ1) is 54.1. The van der Waals surface area contributed by atoms with Crippen molar-refractivity contribution in [2.75, 3.05) is 47.4 Å². The molecule has 63 heavy (non-hydrogen) atoms. The van der Waals surface area contributed by atoms with Crippen LogP contribution in [0.4, 0.5) is 4.79 Å². The maximum Gasteiger partial charge on any atom is 0.407 e. The van der Waals surface area contributed by atoms with Crippen LogP contribution in [0.1, 0.15) is 189 Å². The molecule has 3 fully saturated rings. The summed E-state index contributed by atoms with van der Waals surface area (Å²) >= 11 is 0. The number of fused-ring (bicyclic) bond motifs is 5. The number of phosphoric ester groups is 1. The van der Waals surface area contributed by atoms with Crippen molar-refractivity contribution in [3.8, 4) is 0 Å². The monoisotopic (exact) mass is 909 g/mol. The lowest BCUT2D eigenvalue weighted by molar-refractivity contribution is -0.870. The standard InChI is InChI=1S/C51H93N2O9P/c1-10-11-12-13-14-15-16-17-18-19-20-21-33-52-48(57)61-46(37-54)51(47(55)56,62-63(58,59)60-35-34-53(7,8)9)41-29-31-49(5)40(36-41)25-26-42-44-28-27-43(39(4)24-22-23-38(2)3)50(44,6)32-30-45(42)49/h25,38-39,41-46,54H,10-24,26-37H2,1-9H3,(H2-,52,55,56,57,58,59)/t39-,41?,42?,43-,44?,45?,46+,49+,50-,51?/m1/s1. The normalized spacial score (nSPS) is 30.0. The van der Waals surface area contributed by atoms with Crippen LogP contribution in [0, 0.1) is 52.3 Å². The lowest BCUT2D eigenvalue weighted by Crippen LogP contribution is -2.62. The first-order valence-corrected chi connectivity index (χ1v) is 27.1. The summed E-state index contributed by atoms with van der Waals surface area (Å²) in [4.78, 5) is 40.7. The van der Waals surface area contributed by atoms with Gasteiger partial charge in [-0.15, -0.1) is 0 Å². The van der Waals surface area contributed by atoms with E-state index in [1.54, 1.807) is 0 Å². The number of hydrogen-bond donors (Lipinski definition) is 3. The Balaban J connectivity index is 1.46. The predicted octanol–water partition coefficient (Wildman–Crippen LogP) is 11.5. The molecule has 0 aromatic carbocycles. The maximum atomic E-state index is 13.7. The smallest absolute Gasteiger partial charge is 0.407 e. The molecule has 11 nitrogen and oxygen atoms in total. The highest BCUT2D eigenvalue weighted by atomic mass is 31.2. The molecule has 4 aliphatic carbocycles. The van der Waals surface area contributed by atoms with Crippen LogP contribution in [0.15, 0.2) is 11.6 Å². The number of amides is 1. The Morgan fingerprint density at radius 1 is 0.905 bits per heavy atom. The minimum atomic E-state index is -5.29. The lowest BCUT2D eigenvalue weighted by Gasteiger charge is -2.59. The largest absolute Gasteiger partial charge is 0.756 e. The Bertz CT molecular complexity index is 1500. The number of carbonyl (C=O) groups excluding carboxylic acids is 1. The van der Waals surface area contributed by atoms with Crippen LogP contribution in [0.5, 0.6) is 0 Å². The molecule has 0 aromatic heterocycles. The number of nitrogens with one attached hydrogen (secondary N) is 1. The second kappa shape index (κ2) is 24.5. The predicted molar refractivity (Wildman–Crippen MR) is 251 cm³/mol. The number of unbranched alkanes of at least 4 members (excludes halogenated alkanes) is 11. The molecule has 0 bridgehead atoms. The van der Waals surface area contributed by atoms with E-state index in [1.165, 1.54) is 89.9 Å². The molecule has 0 spiro atoms. The molecular formula is C51H93N2O9P. The second-order valence-electron chi connectivity index (χ2n) is 22.6. The number of carboxylic acids is 1. The minimum Gasteiger partial charge on any atom is -0.756 e. The van der Waals surface area contributed by atoms with E-state index in [-0.39, 0.29) is 18.4 Å². The molecule has 4 rings (SSSR count). The molecule has 0 heterocycles. The quantitative estimate of drug-likeness (QED) is 0.0288. The van der Waals surface area contributed by atoms with Gasteiger partial charge < -0.3 is 34.2 Å². The fourth-order valence-electron chi connectivity index (χ4n) is 13.0. The van der Waals surface area contributed by atoms with E-state index in [1.807, 2.05) is 21.1 Å². The molecule has 0 saturated heterocycles. The van der Waals surface area contributed by atoms with Gasteiger partial charge in [-0.3, -0.25) is 9.09 Å². The van der Waals surface area contributed by atoms with Crippen LogP contribution >= 0.6 is 7.82 Å². The van der Waals surface area contributed by atoms with Gasteiger partial charge in [-0.1, -0.05) is 143 Å². The van der Waals surface area contributed by atoms with Crippen molar-refractivity contribution in [2.24, 2.45) is 52.3 Å². The zero-order chi connectivity index (χ0) is 46.5. The summed E-state index contributed by atoms with van der Waals surface area (Å²) in [6, 6.07) is 0. The zero-order valence-corrected chi connectivity index (χ0v) is 42.3. The van der Waals surface area contributed by atoms with Crippen LogP contribution in [0.3, 0.4) is 0 Å². The van der Waals surface area contributed by atoms with Gasteiger partial charge in [0.1, 0.15) is 13.2 Å². The van der Waals surface area contributed by atoms with Crippen molar-refractivity contribution in [3.63, 3.8) is 0 Å². The number of hydrogen-bond acceptors (Lipinski definition) is 8. The molecule has 0 aliphatic heterocycles. The number of carboxylic acid groups (broad SMARTS) is 1. The molecule has 3 N–H and O–H groups in total. The summed E-state index contributed by atoms with van der Waals surface area (Å²) in [6.07, 6.45) is 24.7. The highest BCUT2D eigenvalue weighted by Gasteiger charge is 2.63. The molecule has 0 radical (unpaired) electrons. The van der Waals surface area contributed by atoms with E-state index in [9.17, 15) is 29.3 Å².